The minimum atomic E-state index is -0.364. The predicted octanol–water partition coefficient (Wildman–Crippen LogP) is 2.69. The summed E-state index contributed by atoms with van der Waals surface area (Å²) in [6.07, 6.45) is 3.17. The number of H-pyrrole nitrogens is 1. The summed E-state index contributed by atoms with van der Waals surface area (Å²) in [5.41, 5.74) is 1.58. The molecule has 0 spiro atoms. The van der Waals surface area contributed by atoms with E-state index in [1.807, 2.05) is 0 Å². The van der Waals surface area contributed by atoms with Crippen molar-refractivity contribution in [2.24, 2.45) is 0 Å². The minimum Gasteiger partial charge on any atom is -0.295 e. The van der Waals surface area contributed by atoms with Crippen LogP contribution in [-0.4, -0.2) is 16.0 Å². The number of halogens is 1. The standard InChI is InChI=1S/C12H11FN2O/c1-7(8(2)16)3-9-4-10-6-14-15-12(10)5-11(9)13/h3-6H,1-2H3,(H,14,15)/b7-3+. The quantitative estimate of drug-likeness (QED) is 0.788. The second-order valence-electron chi connectivity index (χ2n) is 3.71. The molecule has 16 heavy (non-hydrogen) atoms. The summed E-state index contributed by atoms with van der Waals surface area (Å²) in [7, 11) is 0. The van der Waals surface area contributed by atoms with Gasteiger partial charge in [-0.05, 0) is 31.6 Å². The summed E-state index contributed by atoms with van der Waals surface area (Å²) < 4.78 is 13.6. The van der Waals surface area contributed by atoms with Crippen molar-refractivity contribution in [3.05, 3.63) is 35.3 Å². The summed E-state index contributed by atoms with van der Waals surface area (Å²) in [4.78, 5) is 11.1. The zero-order valence-corrected chi connectivity index (χ0v) is 9.04. The highest BCUT2D eigenvalue weighted by molar-refractivity contribution is 5.97. The number of nitrogens with one attached hydrogen (secondary N) is 1. The summed E-state index contributed by atoms with van der Waals surface area (Å²) in [6.45, 7) is 3.13. The van der Waals surface area contributed by atoms with Gasteiger partial charge in [-0.2, -0.15) is 5.10 Å². The number of allylic oxidation sites excluding steroid dienone is 1. The average Bonchev–Trinajstić information content (AvgIpc) is 2.65. The first kappa shape index (κ1) is 10.5. The molecule has 0 aliphatic rings. The zero-order chi connectivity index (χ0) is 11.7. The Morgan fingerprint density at radius 3 is 2.88 bits per heavy atom. The van der Waals surface area contributed by atoms with Gasteiger partial charge in [0.15, 0.2) is 5.78 Å². The molecule has 0 atom stereocenters. The van der Waals surface area contributed by atoms with Crippen LogP contribution in [0.1, 0.15) is 19.4 Å². The number of carbonyl (C=O) groups is 1. The number of rotatable bonds is 2. The molecule has 0 fully saturated rings. The van der Waals surface area contributed by atoms with Gasteiger partial charge in [-0.1, -0.05) is 0 Å². The van der Waals surface area contributed by atoms with Crippen molar-refractivity contribution in [2.75, 3.05) is 0 Å². The number of nitrogens with zero attached hydrogens (tertiary/aromatic N) is 1. The van der Waals surface area contributed by atoms with Crippen molar-refractivity contribution in [2.45, 2.75) is 13.8 Å². The Kier molecular flexibility index (Phi) is 2.56. The van der Waals surface area contributed by atoms with Crippen molar-refractivity contribution in [1.82, 2.24) is 10.2 Å². The first-order chi connectivity index (χ1) is 7.58. The van der Waals surface area contributed by atoms with Crippen LogP contribution < -0.4 is 0 Å². The molecule has 0 unspecified atom stereocenters. The highest BCUT2D eigenvalue weighted by Crippen LogP contribution is 2.19. The van der Waals surface area contributed by atoms with Gasteiger partial charge in [-0.15, -0.1) is 0 Å². The van der Waals surface area contributed by atoms with Crippen molar-refractivity contribution >= 4 is 22.8 Å². The second-order valence-corrected chi connectivity index (χ2v) is 3.71. The highest BCUT2D eigenvalue weighted by atomic mass is 19.1. The first-order valence-corrected chi connectivity index (χ1v) is 4.90. The summed E-state index contributed by atoms with van der Waals surface area (Å²) in [5.74, 6) is -0.427. The summed E-state index contributed by atoms with van der Waals surface area (Å²) >= 11 is 0. The second kappa shape index (κ2) is 3.89. The fourth-order valence-corrected chi connectivity index (χ4v) is 1.43. The first-order valence-electron chi connectivity index (χ1n) is 4.90. The Hall–Kier alpha value is -1.97. The Labute approximate surface area is 92.0 Å². The van der Waals surface area contributed by atoms with E-state index in [0.29, 0.717) is 16.7 Å². The number of Topliss-reactive ketones (excluding diaryl/α,β-unsaturated/α-hetero) is 1. The smallest absolute Gasteiger partial charge is 0.155 e. The molecule has 1 aromatic heterocycles. The molecule has 0 saturated heterocycles. The van der Waals surface area contributed by atoms with Crippen molar-refractivity contribution in [3.63, 3.8) is 0 Å². The van der Waals surface area contributed by atoms with E-state index in [1.165, 1.54) is 13.0 Å². The van der Waals surface area contributed by atoms with Gasteiger partial charge in [-0.25, -0.2) is 4.39 Å². The molecular weight excluding hydrogens is 207 g/mol. The molecule has 0 aliphatic carbocycles. The Morgan fingerprint density at radius 2 is 2.19 bits per heavy atom. The Balaban J connectivity index is 2.55. The molecular formula is C12H11FN2O. The highest BCUT2D eigenvalue weighted by Gasteiger charge is 2.05. The number of carbonyl (C=O) groups excluding carboxylic acids is 1. The molecule has 1 aromatic carbocycles. The number of hydrogen-bond donors (Lipinski definition) is 1. The molecule has 3 nitrogen and oxygen atoms in total. The van der Waals surface area contributed by atoms with E-state index in [1.54, 1.807) is 25.3 Å². The normalized spacial score (nSPS) is 12.1. The van der Waals surface area contributed by atoms with Gasteiger partial charge >= 0.3 is 0 Å². The monoisotopic (exact) mass is 218 g/mol. The number of hydrogen-bond acceptors (Lipinski definition) is 2. The SMILES string of the molecule is CC(=O)/C(C)=C/c1cc2cn[nH]c2cc1F. The van der Waals surface area contributed by atoms with Crippen LogP contribution in [-0.2, 0) is 4.79 Å². The number of aromatic amines is 1. The van der Waals surface area contributed by atoms with Gasteiger partial charge in [-0.3, -0.25) is 9.89 Å². The minimum absolute atomic E-state index is 0.0632. The van der Waals surface area contributed by atoms with E-state index in [9.17, 15) is 9.18 Å². The maximum absolute atomic E-state index is 13.6. The van der Waals surface area contributed by atoms with Crippen LogP contribution in [0.5, 0.6) is 0 Å². The third kappa shape index (κ3) is 1.86. The number of fused-ring (bicyclic) bond motifs is 1. The van der Waals surface area contributed by atoms with E-state index in [2.05, 4.69) is 10.2 Å². The van der Waals surface area contributed by atoms with Gasteiger partial charge < -0.3 is 0 Å². The molecule has 0 amide bonds. The summed E-state index contributed by atoms with van der Waals surface area (Å²) in [5, 5.41) is 7.33. The van der Waals surface area contributed by atoms with Crippen molar-refractivity contribution < 1.29 is 9.18 Å². The fraction of sp³-hybridized carbons (Fsp3) is 0.167. The van der Waals surface area contributed by atoms with Crippen LogP contribution in [0.25, 0.3) is 17.0 Å². The van der Waals surface area contributed by atoms with Crippen LogP contribution in [0.4, 0.5) is 4.39 Å². The van der Waals surface area contributed by atoms with Gasteiger partial charge in [0.2, 0.25) is 0 Å². The molecule has 2 aromatic rings. The Bertz CT molecular complexity index is 584. The van der Waals surface area contributed by atoms with E-state index in [-0.39, 0.29) is 11.6 Å². The predicted molar refractivity (Wildman–Crippen MR) is 60.4 cm³/mol. The molecule has 82 valence electrons. The van der Waals surface area contributed by atoms with Crippen LogP contribution in [0.3, 0.4) is 0 Å². The Morgan fingerprint density at radius 1 is 1.44 bits per heavy atom. The van der Waals surface area contributed by atoms with Crippen molar-refractivity contribution in [1.29, 1.82) is 0 Å². The molecule has 1 heterocycles. The third-order valence-corrected chi connectivity index (χ3v) is 2.48. The van der Waals surface area contributed by atoms with Crippen LogP contribution in [0.2, 0.25) is 0 Å². The molecule has 0 radical (unpaired) electrons. The van der Waals surface area contributed by atoms with E-state index in [0.717, 1.165) is 5.39 Å². The number of aromatic nitrogens is 2. The molecule has 0 aliphatic heterocycles. The third-order valence-electron chi connectivity index (χ3n) is 2.48. The van der Waals surface area contributed by atoms with Crippen LogP contribution in [0, 0.1) is 5.82 Å². The summed E-state index contributed by atoms with van der Waals surface area (Å²) in [6, 6.07) is 3.04. The van der Waals surface area contributed by atoms with E-state index < -0.39 is 0 Å². The molecule has 4 heteroatoms. The van der Waals surface area contributed by atoms with E-state index >= 15 is 0 Å². The number of ketones is 1. The lowest BCUT2D eigenvalue weighted by Crippen LogP contribution is -1.92. The number of benzene rings is 1. The van der Waals surface area contributed by atoms with Crippen LogP contribution >= 0.6 is 0 Å². The zero-order valence-electron chi connectivity index (χ0n) is 9.04. The van der Waals surface area contributed by atoms with Crippen molar-refractivity contribution in [3.8, 4) is 0 Å². The molecule has 2 rings (SSSR count). The maximum atomic E-state index is 13.6. The lowest BCUT2D eigenvalue weighted by molar-refractivity contribution is -0.113. The average molecular weight is 218 g/mol. The lowest BCUT2D eigenvalue weighted by atomic mass is 10.1. The van der Waals surface area contributed by atoms with Gasteiger partial charge in [0.1, 0.15) is 5.82 Å². The maximum Gasteiger partial charge on any atom is 0.155 e. The molecule has 1 N–H and O–H groups in total. The van der Waals surface area contributed by atoms with Gasteiger partial charge in [0.25, 0.3) is 0 Å². The van der Waals surface area contributed by atoms with Gasteiger partial charge in [0, 0.05) is 17.0 Å². The largest absolute Gasteiger partial charge is 0.295 e. The lowest BCUT2D eigenvalue weighted by Gasteiger charge is -1.99. The van der Waals surface area contributed by atoms with Gasteiger partial charge in [0.05, 0.1) is 11.7 Å². The van der Waals surface area contributed by atoms with Crippen LogP contribution in [0.15, 0.2) is 23.9 Å². The van der Waals surface area contributed by atoms with E-state index in [4.69, 9.17) is 0 Å². The molecule has 0 bridgehead atoms. The molecule has 0 saturated carbocycles. The fourth-order valence-electron chi connectivity index (χ4n) is 1.43. The topological polar surface area (TPSA) is 45.8 Å².